The van der Waals surface area contributed by atoms with Crippen LogP contribution in [0.25, 0.3) is 0 Å². The van der Waals surface area contributed by atoms with E-state index in [-0.39, 0.29) is 37.1 Å². The molecule has 0 atom stereocenters. The summed E-state index contributed by atoms with van der Waals surface area (Å²) in [5.41, 5.74) is -0.881. The van der Waals surface area contributed by atoms with Crippen LogP contribution in [0.5, 0.6) is 0 Å². The van der Waals surface area contributed by atoms with E-state index in [1.165, 1.54) is 24.1 Å². The average Bonchev–Trinajstić information content (AvgIpc) is 2.92. The largest absolute Gasteiger partial charge is 0.456 e. The van der Waals surface area contributed by atoms with Gasteiger partial charge in [-0.05, 0) is 6.07 Å². The molecule has 3 amide bonds. The number of nitrogens with zero attached hydrogens (tertiary/aromatic N) is 4. The van der Waals surface area contributed by atoms with Crippen molar-refractivity contribution in [3.05, 3.63) is 39.4 Å². The molecule has 1 aromatic rings. The van der Waals surface area contributed by atoms with Gasteiger partial charge in [0.2, 0.25) is 0 Å². The number of fused-ring (bicyclic) bond motifs is 1. The van der Waals surface area contributed by atoms with E-state index < -0.39 is 40.9 Å². The molecule has 0 N–H and O–H groups in total. The number of likely N-dealkylation sites (N-methyl/N-ethyl adjacent to an activating group) is 1. The zero-order chi connectivity index (χ0) is 20.8. The highest BCUT2D eigenvalue weighted by molar-refractivity contribution is 6.23. The fourth-order valence-corrected chi connectivity index (χ4v) is 2.54. The van der Waals surface area contributed by atoms with Gasteiger partial charge in [0, 0.05) is 26.2 Å². The second-order valence-corrected chi connectivity index (χ2v) is 5.85. The number of benzene rings is 1. The highest BCUT2D eigenvalue weighted by Gasteiger charge is 2.40. The normalized spacial score (nSPS) is 12.4. The Morgan fingerprint density at radius 1 is 1.32 bits per heavy atom. The smallest absolute Gasteiger partial charge is 0.308 e. The first-order chi connectivity index (χ1) is 13.3. The first kappa shape index (κ1) is 20.5. The van der Waals surface area contributed by atoms with Crippen molar-refractivity contribution in [1.82, 2.24) is 9.80 Å². The number of amides is 3. The number of nitriles is 1. The Kier molecular flexibility index (Phi) is 6.38. The number of rotatable bonds is 8. The van der Waals surface area contributed by atoms with Crippen LogP contribution in [-0.4, -0.2) is 65.2 Å². The molecular weight excluding hydrogens is 372 g/mol. The summed E-state index contributed by atoms with van der Waals surface area (Å²) < 4.78 is 4.80. The Hall–Kier alpha value is -3.81. The number of hydrogen-bond acceptors (Lipinski definition) is 8. The number of carbonyl (C=O) groups is 4. The first-order valence-electron chi connectivity index (χ1n) is 8.18. The van der Waals surface area contributed by atoms with Crippen LogP contribution in [0.4, 0.5) is 5.69 Å². The fourth-order valence-electron chi connectivity index (χ4n) is 2.54. The molecule has 1 heterocycles. The van der Waals surface area contributed by atoms with Gasteiger partial charge < -0.3 is 9.64 Å². The van der Waals surface area contributed by atoms with E-state index in [0.717, 1.165) is 11.0 Å². The summed E-state index contributed by atoms with van der Waals surface area (Å²) in [5.74, 6) is -2.90. The number of hydrogen-bond donors (Lipinski definition) is 0. The minimum atomic E-state index is -0.854. The highest BCUT2D eigenvalue weighted by atomic mass is 16.6. The van der Waals surface area contributed by atoms with Crippen molar-refractivity contribution in [2.75, 3.05) is 26.7 Å². The van der Waals surface area contributed by atoms with Gasteiger partial charge in [0.05, 0.1) is 29.4 Å². The summed E-state index contributed by atoms with van der Waals surface area (Å²) in [4.78, 5) is 60.4. The lowest BCUT2D eigenvalue weighted by Gasteiger charge is -2.16. The summed E-state index contributed by atoms with van der Waals surface area (Å²) in [7, 11) is 1.46. The van der Waals surface area contributed by atoms with E-state index in [9.17, 15) is 29.3 Å². The van der Waals surface area contributed by atoms with Crippen LogP contribution in [0.2, 0.25) is 0 Å². The van der Waals surface area contributed by atoms with E-state index in [0.29, 0.717) is 0 Å². The molecule has 11 heteroatoms. The van der Waals surface area contributed by atoms with Gasteiger partial charge in [-0.3, -0.25) is 34.2 Å². The molecule has 0 aromatic heterocycles. The zero-order valence-corrected chi connectivity index (χ0v) is 14.9. The zero-order valence-electron chi connectivity index (χ0n) is 14.9. The van der Waals surface area contributed by atoms with Gasteiger partial charge in [-0.25, -0.2) is 0 Å². The molecule has 0 spiro atoms. The molecule has 146 valence electrons. The molecule has 0 radical (unpaired) electrons. The Labute approximate surface area is 159 Å². The molecule has 1 aliphatic heterocycles. The minimum absolute atomic E-state index is 0.0955. The molecule has 1 aromatic carbocycles. The minimum Gasteiger partial charge on any atom is -0.456 e. The van der Waals surface area contributed by atoms with Crippen LogP contribution in [0.1, 0.15) is 33.6 Å². The van der Waals surface area contributed by atoms with Crippen molar-refractivity contribution < 1.29 is 28.8 Å². The number of imide groups is 1. The number of nitro groups is 1. The predicted molar refractivity (Wildman–Crippen MR) is 91.9 cm³/mol. The van der Waals surface area contributed by atoms with Crippen molar-refractivity contribution >= 4 is 29.4 Å². The molecule has 11 nitrogen and oxygen atoms in total. The lowest BCUT2D eigenvalue weighted by atomic mass is 10.1. The topological polar surface area (TPSA) is 151 Å². The average molecular weight is 388 g/mol. The Balaban J connectivity index is 1.92. The molecule has 0 unspecified atom stereocenters. The summed E-state index contributed by atoms with van der Waals surface area (Å²) in [6.45, 7) is -0.671. The second kappa shape index (κ2) is 8.72. The van der Waals surface area contributed by atoms with Crippen molar-refractivity contribution in [3.8, 4) is 6.07 Å². The Bertz CT molecular complexity index is 890. The van der Waals surface area contributed by atoms with Crippen LogP contribution in [-0.2, 0) is 14.3 Å². The molecule has 28 heavy (non-hydrogen) atoms. The van der Waals surface area contributed by atoms with Gasteiger partial charge in [-0.1, -0.05) is 6.07 Å². The maximum atomic E-state index is 12.4. The Morgan fingerprint density at radius 3 is 2.68 bits per heavy atom. The van der Waals surface area contributed by atoms with Crippen LogP contribution < -0.4 is 0 Å². The third-order valence-electron chi connectivity index (χ3n) is 4.05. The number of ether oxygens (including phenoxy) is 1. The van der Waals surface area contributed by atoms with Crippen molar-refractivity contribution in [2.45, 2.75) is 12.8 Å². The van der Waals surface area contributed by atoms with Crippen molar-refractivity contribution in [2.24, 2.45) is 0 Å². The van der Waals surface area contributed by atoms with Gasteiger partial charge in [-0.2, -0.15) is 5.26 Å². The van der Waals surface area contributed by atoms with E-state index in [4.69, 9.17) is 10.00 Å². The van der Waals surface area contributed by atoms with E-state index in [2.05, 4.69) is 0 Å². The summed E-state index contributed by atoms with van der Waals surface area (Å²) in [5, 5.41) is 19.5. The van der Waals surface area contributed by atoms with Gasteiger partial charge in [-0.15, -0.1) is 0 Å². The third kappa shape index (κ3) is 4.29. The van der Waals surface area contributed by atoms with Crippen molar-refractivity contribution in [1.29, 1.82) is 5.26 Å². The number of nitro benzene ring substituents is 1. The first-order valence-corrected chi connectivity index (χ1v) is 8.18. The van der Waals surface area contributed by atoms with E-state index in [1.807, 2.05) is 6.07 Å². The van der Waals surface area contributed by atoms with E-state index in [1.54, 1.807) is 0 Å². The second-order valence-electron chi connectivity index (χ2n) is 5.85. The molecule has 0 saturated carbocycles. The molecule has 2 rings (SSSR count). The number of carbonyl (C=O) groups excluding carboxylic acids is 4. The summed E-state index contributed by atoms with van der Waals surface area (Å²) >= 11 is 0. The quantitative estimate of drug-likeness (QED) is 0.270. The molecule has 1 aliphatic rings. The molecule has 0 bridgehead atoms. The summed E-state index contributed by atoms with van der Waals surface area (Å²) in [6, 6.07) is 5.61. The lowest BCUT2D eigenvalue weighted by Crippen LogP contribution is -2.34. The van der Waals surface area contributed by atoms with E-state index >= 15 is 0 Å². The third-order valence-corrected chi connectivity index (χ3v) is 4.05. The molecule has 0 aliphatic carbocycles. The van der Waals surface area contributed by atoms with Crippen LogP contribution >= 0.6 is 0 Å². The van der Waals surface area contributed by atoms with Crippen LogP contribution in [0, 0.1) is 21.4 Å². The van der Waals surface area contributed by atoms with Gasteiger partial charge in [0.1, 0.15) is 5.56 Å². The standard InChI is InChI=1S/C17H16N4O7/c1-19(8-3-7-18)13(22)10-28-14(23)6-9-20-16(24)11-4-2-5-12(21(26)27)15(11)17(20)25/h2,4-5H,3,6,8-10H2,1H3. The highest BCUT2D eigenvalue weighted by Crippen LogP contribution is 2.30. The van der Waals surface area contributed by atoms with Gasteiger partial charge >= 0.3 is 5.97 Å². The predicted octanol–water partition coefficient (Wildman–Crippen LogP) is 0.496. The van der Waals surface area contributed by atoms with Gasteiger partial charge in [0.25, 0.3) is 23.4 Å². The van der Waals surface area contributed by atoms with Gasteiger partial charge in [0.15, 0.2) is 6.61 Å². The van der Waals surface area contributed by atoms with Crippen LogP contribution in [0.3, 0.4) is 0 Å². The lowest BCUT2D eigenvalue weighted by molar-refractivity contribution is -0.385. The fraction of sp³-hybridized carbons (Fsp3) is 0.353. The number of esters is 1. The van der Waals surface area contributed by atoms with Crippen LogP contribution in [0.15, 0.2) is 18.2 Å². The molecular formula is C17H16N4O7. The molecule has 0 fully saturated rings. The SMILES string of the molecule is CN(CCC#N)C(=O)COC(=O)CCN1C(=O)c2cccc([N+](=O)[O-])c2C1=O. The maximum absolute atomic E-state index is 12.4. The maximum Gasteiger partial charge on any atom is 0.308 e. The molecule has 0 saturated heterocycles. The summed E-state index contributed by atoms with van der Waals surface area (Å²) in [6.07, 6.45) is -0.226. The van der Waals surface area contributed by atoms with Crippen molar-refractivity contribution in [3.63, 3.8) is 0 Å². The Morgan fingerprint density at radius 2 is 2.04 bits per heavy atom. The monoisotopic (exact) mass is 388 g/mol.